The number of amides is 1. The summed E-state index contributed by atoms with van der Waals surface area (Å²) in [5.41, 5.74) is 7.08. The summed E-state index contributed by atoms with van der Waals surface area (Å²) >= 11 is 5.70. The number of aromatic amines is 1. The first-order valence-electron chi connectivity index (χ1n) is 5.61. The van der Waals surface area contributed by atoms with Crippen molar-refractivity contribution in [3.05, 3.63) is 28.9 Å². The molecule has 0 bridgehead atoms. The Balaban J connectivity index is 2.21. The van der Waals surface area contributed by atoms with Gasteiger partial charge in [0.15, 0.2) is 5.69 Å². The second-order valence-corrected chi connectivity index (χ2v) is 4.62. The Morgan fingerprint density at radius 3 is 2.79 bits per heavy atom. The lowest BCUT2D eigenvalue weighted by Gasteiger charge is -2.04. The van der Waals surface area contributed by atoms with Gasteiger partial charge in [-0.25, -0.2) is 9.97 Å². The molecule has 8 heteroatoms. The molecule has 2 aromatic rings. The van der Waals surface area contributed by atoms with Gasteiger partial charge in [0.1, 0.15) is 17.3 Å². The first kappa shape index (κ1) is 13.3. The molecule has 0 aliphatic heterocycles. The van der Waals surface area contributed by atoms with Crippen molar-refractivity contribution in [3.8, 4) is 0 Å². The van der Waals surface area contributed by atoms with E-state index in [2.05, 4.69) is 25.5 Å². The lowest BCUT2D eigenvalue weighted by molar-refractivity contribution is 0.102. The van der Waals surface area contributed by atoms with E-state index in [1.165, 1.54) is 12.4 Å². The molecule has 7 nitrogen and oxygen atoms in total. The van der Waals surface area contributed by atoms with Crippen molar-refractivity contribution < 1.29 is 4.79 Å². The Kier molecular flexibility index (Phi) is 3.66. The van der Waals surface area contributed by atoms with Crippen LogP contribution in [0.25, 0.3) is 0 Å². The van der Waals surface area contributed by atoms with Crippen LogP contribution in [0.4, 0.5) is 11.5 Å². The number of halogens is 1. The molecule has 0 unspecified atom stereocenters. The standard InChI is InChI=1S/C11H13ClN6O/c1-5(2)9-8(13)10(18-17-9)11(19)16-7-3-6(12)14-4-15-7/h3-5H,13H2,1-2H3,(H,17,18)(H,14,15,16,19). The van der Waals surface area contributed by atoms with Gasteiger partial charge in [-0.3, -0.25) is 9.89 Å². The second kappa shape index (κ2) is 5.23. The highest BCUT2D eigenvalue weighted by atomic mass is 35.5. The Morgan fingerprint density at radius 2 is 2.21 bits per heavy atom. The van der Waals surface area contributed by atoms with Gasteiger partial charge in [-0.05, 0) is 5.92 Å². The number of nitrogen functional groups attached to an aromatic ring is 1. The van der Waals surface area contributed by atoms with Crippen LogP contribution in [0.15, 0.2) is 12.4 Å². The van der Waals surface area contributed by atoms with E-state index in [1.807, 2.05) is 13.8 Å². The highest BCUT2D eigenvalue weighted by Crippen LogP contribution is 2.22. The minimum atomic E-state index is -0.449. The number of carbonyl (C=O) groups is 1. The second-order valence-electron chi connectivity index (χ2n) is 4.23. The van der Waals surface area contributed by atoms with E-state index in [0.717, 1.165) is 5.69 Å². The Bertz CT molecular complexity index is 609. The molecule has 0 atom stereocenters. The molecule has 0 aliphatic carbocycles. The zero-order valence-corrected chi connectivity index (χ0v) is 11.2. The molecule has 0 saturated heterocycles. The SMILES string of the molecule is CC(C)c1[nH]nc(C(=O)Nc2cc(Cl)ncn2)c1N. The summed E-state index contributed by atoms with van der Waals surface area (Å²) in [7, 11) is 0. The number of nitrogens with zero attached hydrogens (tertiary/aromatic N) is 3. The highest BCUT2D eigenvalue weighted by molar-refractivity contribution is 6.29. The quantitative estimate of drug-likeness (QED) is 0.743. The maximum Gasteiger partial charge on any atom is 0.279 e. The molecule has 100 valence electrons. The molecule has 1 amide bonds. The van der Waals surface area contributed by atoms with E-state index < -0.39 is 5.91 Å². The van der Waals surface area contributed by atoms with Crippen molar-refractivity contribution in [1.29, 1.82) is 0 Å². The number of carbonyl (C=O) groups excluding carboxylic acids is 1. The predicted molar refractivity (Wildman–Crippen MR) is 72.1 cm³/mol. The van der Waals surface area contributed by atoms with Crippen molar-refractivity contribution in [2.24, 2.45) is 0 Å². The summed E-state index contributed by atoms with van der Waals surface area (Å²) < 4.78 is 0. The molecule has 0 radical (unpaired) electrons. The fourth-order valence-corrected chi connectivity index (χ4v) is 1.70. The van der Waals surface area contributed by atoms with Gasteiger partial charge in [0, 0.05) is 6.07 Å². The van der Waals surface area contributed by atoms with Crippen LogP contribution in [0.1, 0.15) is 35.9 Å². The normalized spacial score (nSPS) is 10.7. The van der Waals surface area contributed by atoms with Gasteiger partial charge in [0.25, 0.3) is 5.91 Å². The smallest absolute Gasteiger partial charge is 0.279 e. The Morgan fingerprint density at radius 1 is 1.47 bits per heavy atom. The van der Waals surface area contributed by atoms with Gasteiger partial charge in [-0.1, -0.05) is 25.4 Å². The Labute approximate surface area is 114 Å². The lowest BCUT2D eigenvalue weighted by atomic mass is 10.1. The summed E-state index contributed by atoms with van der Waals surface area (Å²) in [6.07, 6.45) is 1.26. The minimum Gasteiger partial charge on any atom is -0.395 e. The van der Waals surface area contributed by atoms with E-state index in [-0.39, 0.29) is 16.8 Å². The molecular weight excluding hydrogens is 268 g/mol. The van der Waals surface area contributed by atoms with Gasteiger partial charge in [-0.2, -0.15) is 5.10 Å². The van der Waals surface area contributed by atoms with Crippen LogP contribution in [0.3, 0.4) is 0 Å². The molecule has 2 aromatic heterocycles. The number of nitrogens with one attached hydrogen (secondary N) is 2. The number of anilines is 2. The van der Waals surface area contributed by atoms with Crippen LogP contribution in [-0.4, -0.2) is 26.1 Å². The molecule has 4 N–H and O–H groups in total. The van der Waals surface area contributed by atoms with E-state index in [9.17, 15) is 4.79 Å². The fraction of sp³-hybridized carbons (Fsp3) is 0.273. The molecule has 2 rings (SSSR count). The van der Waals surface area contributed by atoms with Gasteiger partial charge in [0.05, 0.1) is 11.4 Å². The van der Waals surface area contributed by atoms with Crippen LogP contribution in [-0.2, 0) is 0 Å². The van der Waals surface area contributed by atoms with E-state index in [1.54, 1.807) is 0 Å². The molecule has 0 spiro atoms. The topological polar surface area (TPSA) is 110 Å². The van der Waals surface area contributed by atoms with Crippen molar-refractivity contribution in [2.45, 2.75) is 19.8 Å². The number of aromatic nitrogens is 4. The van der Waals surface area contributed by atoms with E-state index in [4.69, 9.17) is 17.3 Å². The zero-order chi connectivity index (χ0) is 14.0. The average Bonchev–Trinajstić information content (AvgIpc) is 2.71. The summed E-state index contributed by atoms with van der Waals surface area (Å²) in [6.45, 7) is 3.91. The number of hydrogen-bond acceptors (Lipinski definition) is 5. The third-order valence-electron chi connectivity index (χ3n) is 2.50. The predicted octanol–water partition coefficient (Wildman–Crippen LogP) is 1.81. The first-order chi connectivity index (χ1) is 8.99. The maximum absolute atomic E-state index is 12.0. The summed E-state index contributed by atoms with van der Waals surface area (Å²) in [6, 6.07) is 1.44. The summed E-state index contributed by atoms with van der Waals surface area (Å²) in [5, 5.41) is 9.47. The average molecular weight is 281 g/mol. The van der Waals surface area contributed by atoms with Crippen molar-refractivity contribution in [2.75, 3.05) is 11.1 Å². The van der Waals surface area contributed by atoms with Gasteiger partial charge in [0.2, 0.25) is 0 Å². The van der Waals surface area contributed by atoms with Crippen LogP contribution in [0.5, 0.6) is 0 Å². The number of rotatable bonds is 3. The lowest BCUT2D eigenvalue weighted by Crippen LogP contribution is -2.15. The molecule has 0 aliphatic rings. The van der Waals surface area contributed by atoms with Crippen LogP contribution in [0, 0.1) is 0 Å². The maximum atomic E-state index is 12.0. The molecule has 19 heavy (non-hydrogen) atoms. The summed E-state index contributed by atoms with van der Waals surface area (Å²) in [4.78, 5) is 19.6. The number of hydrogen-bond donors (Lipinski definition) is 3. The highest BCUT2D eigenvalue weighted by Gasteiger charge is 2.19. The third-order valence-corrected chi connectivity index (χ3v) is 2.71. The molecule has 0 fully saturated rings. The largest absolute Gasteiger partial charge is 0.395 e. The molecule has 0 saturated carbocycles. The zero-order valence-electron chi connectivity index (χ0n) is 10.4. The van der Waals surface area contributed by atoms with E-state index in [0.29, 0.717) is 11.5 Å². The molecule has 0 aromatic carbocycles. The molecular formula is C11H13ClN6O. The Hall–Kier alpha value is -2.15. The monoisotopic (exact) mass is 280 g/mol. The molecule has 2 heterocycles. The first-order valence-corrected chi connectivity index (χ1v) is 5.99. The van der Waals surface area contributed by atoms with E-state index >= 15 is 0 Å². The van der Waals surface area contributed by atoms with Gasteiger partial charge >= 0.3 is 0 Å². The fourth-order valence-electron chi connectivity index (χ4n) is 1.55. The summed E-state index contributed by atoms with van der Waals surface area (Å²) in [5.74, 6) is -0.00328. The van der Waals surface area contributed by atoms with Crippen LogP contribution in [0.2, 0.25) is 5.15 Å². The third kappa shape index (κ3) is 2.82. The van der Waals surface area contributed by atoms with Crippen molar-refractivity contribution in [3.63, 3.8) is 0 Å². The number of H-pyrrole nitrogens is 1. The van der Waals surface area contributed by atoms with Crippen LogP contribution >= 0.6 is 11.6 Å². The van der Waals surface area contributed by atoms with Crippen molar-refractivity contribution >= 4 is 29.0 Å². The van der Waals surface area contributed by atoms with Gasteiger partial charge in [-0.15, -0.1) is 0 Å². The van der Waals surface area contributed by atoms with Crippen LogP contribution < -0.4 is 11.1 Å². The minimum absolute atomic E-state index is 0.137. The number of nitrogens with two attached hydrogens (primary N) is 1. The van der Waals surface area contributed by atoms with Crippen molar-refractivity contribution in [1.82, 2.24) is 20.2 Å². The van der Waals surface area contributed by atoms with Gasteiger partial charge < -0.3 is 11.1 Å².